The third-order valence-electron chi connectivity index (χ3n) is 3.08. The predicted octanol–water partition coefficient (Wildman–Crippen LogP) is 3.11. The summed E-state index contributed by atoms with van der Waals surface area (Å²) in [7, 11) is 0. The summed E-state index contributed by atoms with van der Waals surface area (Å²) in [5.74, 6) is -0.823. The summed E-state index contributed by atoms with van der Waals surface area (Å²) in [4.78, 5) is 16.1. The number of halogens is 4. The molecule has 0 unspecified atom stereocenters. The molecule has 1 saturated heterocycles. The van der Waals surface area contributed by atoms with Crippen molar-refractivity contribution in [3.8, 4) is 0 Å². The van der Waals surface area contributed by atoms with E-state index in [1.165, 1.54) is 9.78 Å². The molecule has 112 valence electrons. The largest absolute Gasteiger partial charge is 0.397 e. The fourth-order valence-electron chi connectivity index (χ4n) is 2.10. The minimum atomic E-state index is -4.42. The van der Waals surface area contributed by atoms with Crippen molar-refractivity contribution in [3.05, 3.63) is 20.8 Å². The number of amides is 1. The van der Waals surface area contributed by atoms with Crippen LogP contribution in [0.1, 0.15) is 11.3 Å². The van der Waals surface area contributed by atoms with Gasteiger partial charge in [-0.1, -0.05) is 0 Å². The van der Waals surface area contributed by atoms with Crippen molar-refractivity contribution in [3.63, 3.8) is 0 Å². The molecule has 0 N–H and O–H groups in total. The molecule has 1 aliphatic rings. The Morgan fingerprint density at radius 2 is 1.90 bits per heavy atom. The first-order valence-electron chi connectivity index (χ1n) is 6.14. The predicted molar refractivity (Wildman–Crippen MR) is 74.5 cm³/mol. The molecule has 8 heteroatoms. The van der Waals surface area contributed by atoms with Gasteiger partial charge in [-0.15, -0.1) is 11.3 Å². The number of carbonyl (C=O) groups is 1. The molecule has 0 atom stereocenters. The molecule has 1 aromatic rings. The van der Waals surface area contributed by atoms with E-state index in [0.717, 1.165) is 10.3 Å². The van der Waals surface area contributed by atoms with E-state index in [9.17, 15) is 18.0 Å². The van der Waals surface area contributed by atoms with Crippen molar-refractivity contribution in [2.45, 2.75) is 19.1 Å². The van der Waals surface area contributed by atoms with Crippen molar-refractivity contribution in [1.82, 2.24) is 9.80 Å². The molecule has 3 nitrogen and oxygen atoms in total. The lowest BCUT2D eigenvalue weighted by molar-refractivity contribution is -0.162. The molecule has 1 aromatic heterocycles. The van der Waals surface area contributed by atoms with Crippen LogP contribution in [0.5, 0.6) is 0 Å². The lowest BCUT2D eigenvalue weighted by Crippen LogP contribution is -2.49. The molecule has 1 amide bonds. The van der Waals surface area contributed by atoms with E-state index in [0.29, 0.717) is 26.2 Å². The Kier molecular flexibility index (Phi) is 5.09. The molecule has 0 spiro atoms. The van der Waals surface area contributed by atoms with Crippen molar-refractivity contribution in [1.29, 1.82) is 0 Å². The Morgan fingerprint density at radius 1 is 1.25 bits per heavy atom. The first-order chi connectivity index (χ1) is 9.33. The molecule has 0 aromatic carbocycles. The molecule has 1 fully saturated rings. The van der Waals surface area contributed by atoms with Gasteiger partial charge < -0.3 is 4.90 Å². The Labute approximate surface area is 127 Å². The van der Waals surface area contributed by atoms with Gasteiger partial charge in [-0.05, 0) is 28.1 Å². The van der Waals surface area contributed by atoms with Gasteiger partial charge in [-0.2, -0.15) is 13.2 Å². The number of alkyl halides is 3. The van der Waals surface area contributed by atoms with E-state index in [1.54, 1.807) is 11.3 Å². The van der Waals surface area contributed by atoms with Gasteiger partial charge in [-0.3, -0.25) is 9.69 Å². The van der Waals surface area contributed by atoms with Crippen LogP contribution in [-0.4, -0.2) is 48.1 Å². The van der Waals surface area contributed by atoms with E-state index >= 15 is 0 Å². The van der Waals surface area contributed by atoms with Crippen LogP contribution in [0, 0.1) is 0 Å². The van der Waals surface area contributed by atoms with Crippen LogP contribution in [0.3, 0.4) is 0 Å². The van der Waals surface area contributed by atoms with Crippen molar-refractivity contribution in [2.75, 3.05) is 26.2 Å². The summed E-state index contributed by atoms with van der Waals surface area (Å²) >= 11 is 5.04. The van der Waals surface area contributed by atoms with Crippen LogP contribution in [0.25, 0.3) is 0 Å². The monoisotopic (exact) mass is 370 g/mol. The first kappa shape index (κ1) is 15.8. The molecule has 0 radical (unpaired) electrons. The molecule has 20 heavy (non-hydrogen) atoms. The van der Waals surface area contributed by atoms with Gasteiger partial charge in [0.1, 0.15) is 6.42 Å². The number of carbonyl (C=O) groups excluding carboxylic acids is 1. The lowest BCUT2D eigenvalue weighted by Gasteiger charge is -2.34. The maximum atomic E-state index is 12.2. The molecule has 0 saturated carbocycles. The maximum Gasteiger partial charge on any atom is 0.397 e. The molecular formula is C12H14BrF3N2OS. The van der Waals surface area contributed by atoms with Gasteiger partial charge in [0.2, 0.25) is 5.91 Å². The summed E-state index contributed by atoms with van der Waals surface area (Å²) in [6, 6.07) is 4.00. The van der Waals surface area contributed by atoms with E-state index in [2.05, 4.69) is 20.8 Å². The van der Waals surface area contributed by atoms with Gasteiger partial charge in [0.05, 0.1) is 3.79 Å². The standard InChI is InChI=1S/C12H14BrF3N2OS/c13-10-2-1-9(20-10)8-17-3-5-18(6-4-17)11(19)7-12(14,15)16/h1-2H,3-8H2. The van der Waals surface area contributed by atoms with Gasteiger partial charge >= 0.3 is 6.18 Å². The van der Waals surface area contributed by atoms with Gasteiger partial charge in [0.15, 0.2) is 0 Å². The lowest BCUT2D eigenvalue weighted by atomic mass is 10.2. The van der Waals surface area contributed by atoms with E-state index in [4.69, 9.17) is 0 Å². The Morgan fingerprint density at radius 3 is 2.40 bits per heavy atom. The number of hydrogen-bond acceptors (Lipinski definition) is 3. The second kappa shape index (κ2) is 6.44. The first-order valence-corrected chi connectivity index (χ1v) is 7.75. The van der Waals surface area contributed by atoms with Crippen molar-refractivity contribution < 1.29 is 18.0 Å². The van der Waals surface area contributed by atoms with Crippen molar-refractivity contribution in [2.24, 2.45) is 0 Å². The van der Waals surface area contributed by atoms with Crippen LogP contribution < -0.4 is 0 Å². The highest BCUT2D eigenvalue weighted by Gasteiger charge is 2.34. The zero-order valence-electron chi connectivity index (χ0n) is 10.6. The number of hydrogen-bond donors (Lipinski definition) is 0. The highest BCUT2D eigenvalue weighted by atomic mass is 79.9. The summed E-state index contributed by atoms with van der Waals surface area (Å²) < 4.78 is 37.6. The normalized spacial score (nSPS) is 17.5. The molecule has 0 bridgehead atoms. The summed E-state index contributed by atoms with van der Waals surface area (Å²) in [6.07, 6.45) is -5.78. The van der Waals surface area contributed by atoms with Crippen LogP contribution >= 0.6 is 27.3 Å². The zero-order chi connectivity index (χ0) is 14.8. The second-order valence-corrected chi connectivity index (χ2v) is 7.20. The third-order valence-corrected chi connectivity index (χ3v) is 4.69. The topological polar surface area (TPSA) is 23.6 Å². The zero-order valence-corrected chi connectivity index (χ0v) is 13.0. The fourth-order valence-corrected chi connectivity index (χ4v) is 3.62. The van der Waals surface area contributed by atoms with Crippen LogP contribution in [0.2, 0.25) is 0 Å². The number of nitrogens with zero attached hydrogens (tertiary/aromatic N) is 2. The highest BCUT2D eigenvalue weighted by molar-refractivity contribution is 9.11. The van der Waals surface area contributed by atoms with E-state index in [1.807, 2.05) is 12.1 Å². The number of thiophene rings is 1. The fraction of sp³-hybridized carbons (Fsp3) is 0.583. The summed E-state index contributed by atoms with van der Waals surface area (Å²) in [5, 5.41) is 0. The number of piperazine rings is 1. The minimum absolute atomic E-state index is 0.363. The Balaban J connectivity index is 1.79. The molecule has 1 aliphatic heterocycles. The van der Waals surface area contributed by atoms with Gasteiger partial charge in [0.25, 0.3) is 0 Å². The molecule has 2 heterocycles. The highest BCUT2D eigenvalue weighted by Crippen LogP contribution is 2.24. The maximum absolute atomic E-state index is 12.2. The average Bonchev–Trinajstić information content (AvgIpc) is 2.73. The minimum Gasteiger partial charge on any atom is -0.340 e. The van der Waals surface area contributed by atoms with Gasteiger partial charge in [0, 0.05) is 37.6 Å². The number of rotatable bonds is 3. The molecular weight excluding hydrogens is 357 g/mol. The second-order valence-electron chi connectivity index (χ2n) is 4.65. The van der Waals surface area contributed by atoms with Crippen LogP contribution in [0.4, 0.5) is 13.2 Å². The Bertz CT molecular complexity index is 470. The molecule has 2 rings (SSSR count). The SMILES string of the molecule is O=C(CC(F)(F)F)N1CCN(Cc2ccc(Br)s2)CC1. The summed E-state index contributed by atoms with van der Waals surface area (Å²) in [5.41, 5.74) is 0. The third kappa shape index (κ3) is 4.75. The average molecular weight is 371 g/mol. The van der Waals surface area contributed by atoms with Crippen molar-refractivity contribution >= 4 is 33.2 Å². The smallest absolute Gasteiger partial charge is 0.340 e. The van der Waals surface area contributed by atoms with E-state index < -0.39 is 18.5 Å². The Hall–Kier alpha value is -0.600. The van der Waals surface area contributed by atoms with Crippen LogP contribution in [0.15, 0.2) is 15.9 Å². The van der Waals surface area contributed by atoms with Crippen LogP contribution in [-0.2, 0) is 11.3 Å². The quantitative estimate of drug-likeness (QED) is 0.815. The van der Waals surface area contributed by atoms with Gasteiger partial charge in [-0.25, -0.2) is 0 Å². The summed E-state index contributed by atoms with van der Waals surface area (Å²) in [6.45, 7) is 2.72. The van der Waals surface area contributed by atoms with E-state index in [-0.39, 0.29) is 0 Å². The molecule has 0 aliphatic carbocycles.